The summed E-state index contributed by atoms with van der Waals surface area (Å²) in [4.78, 5) is 10.0. The second kappa shape index (κ2) is 12.0. The molecular weight excluding hydrogens is 599 g/mol. The smallest absolute Gasteiger partial charge is 0.246 e. The third-order valence-electron chi connectivity index (χ3n) is 7.60. The first-order chi connectivity index (χ1) is 21.1. The standard InChI is InChI=1S/C32H25F5N4O2S/c33-25-26(34)28(36)32(29(37)27(25)35)44(42,43)40-22-14-16-41(17-15-22)18-19-10-12-21(13-11-19)31-30(20-6-2-1-3-7-20)38-23-8-4-5-9-24(23)39-31/h1-13,22,40H,14-18H2. The number of likely N-dealkylation sites (tertiary alicyclic amines) is 1. The molecule has 226 valence electrons. The maximum absolute atomic E-state index is 14.1. The van der Waals surface area contributed by atoms with Crippen LogP contribution in [0.3, 0.4) is 0 Å². The molecule has 0 bridgehead atoms. The van der Waals surface area contributed by atoms with Gasteiger partial charge in [0, 0.05) is 36.8 Å². The van der Waals surface area contributed by atoms with Crippen LogP contribution in [-0.2, 0) is 16.6 Å². The van der Waals surface area contributed by atoms with E-state index in [9.17, 15) is 30.4 Å². The quantitative estimate of drug-likeness (QED) is 0.126. The minimum Gasteiger partial charge on any atom is -0.299 e. The molecule has 1 aliphatic heterocycles. The van der Waals surface area contributed by atoms with E-state index < -0.39 is 50.0 Å². The largest absolute Gasteiger partial charge is 0.299 e. The molecule has 0 radical (unpaired) electrons. The van der Waals surface area contributed by atoms with Gasteiger partial charge in [0.1, 0.15) is 0 Å². The van der Waals surface area contributed by atoms with Gasteiger partial charge in [-0.25, -0.2) is 45.1 Å². The zero-order chi connectivity index (χ0) is 31.0. The highest BCUT2D eigenvalue weighted by Gasteiger charge is 2.35. The molecule has 1 aliphatic rings. The number of piperidine rings is 1. The van der Waals surface area contributed by atoms with E-state index in [1.54, 1.807) is 0 Å². The number of aromatic nitrogens is 2. The minimum absolute atomic E-state index is 0.278. The maximum Gasteiger partial charge on any atom is 0.246 e. The van der Waals surface area contributed by atoms with Crippen LogP contribution in [0.2, 0.25) is 0 Å². The van der Waals surface area contributed by atoms with E-state index in [1.807, 2.05) is 78.9 Å². The monoisotopic (exact) mass is 624 g/mol. The number of hydrogen-bond donors (Lipinski definition) is 1. The second-order valence-electron chi connectivity index (χ2n) is 10.5. The summed E-state index contributed by atoms with van der Waals surface area (Å²) >= 11 is 0. The number of nitrogens with one attached hydrogen (secondary N) is 1. The van der Waals surface area contributed by atoms with Crippen molar-refractivity contribution in [1.82, 2.24) is 19.6 Å². The molecule has 6 rings (SSSR count). The lowest BCUT2D eigenvalue weighted by atomic mass is 10.0. The maximum atomic E-state index is 14.1. The molecule has 0 spiro atoms. The highest BCUT2D eigenvalue weighted by atomic mass is 32.2. The Labute approximate surface area is 250 Å². The Morgan fingerprint density at radius 3 is 1.68 bits per heavy atom. The van der Waals surface area contributed by atoms with Gasteiger partial charge < -0.3 is 0 Å². The lowest BCUT2D eigenvalue weighted by Gasteiger charge is -2.32. The Morgan fingerprint density at radius 2 is 1.14 bits per heavy atom. The molecular formula is C32H25F5N4O2S. The van der Waals surface area contributed by atoms with Gasteiger partial charge in [0.05, 0.1) is 22.4 Å². The van der Waals surface area contributed by atoms with Crippen molar-refractivity contribution < 1.29 is 30.4 Å². The molecule has 0 unspecified atom stereocenters. The number of para-hydroxylation sites is 2. The van der Waals surface area contributed by atoms with Crippen molar-refractivity contribution in [3.8, 4) is 22.5 Å². The summed E-state index contributed by atoms with van der Waals surface area (Å²) in [6, 6.07) is 24.7. The van der Waals surface area contributed by atoms with Crippen molar-refractivity contribution in [2.24, 2.45) is 0 Å². The van der Waals surface area contributed by atoms with Crippen LogP contribution >= 0.6 is 0 Å². The Kier molecular flexibility index (Phi) is 8.14. The fourth-order valence-corrected chi connectivity index (χ4v) is 6.78. The molecule has 1 N–H and O–H groups in total. The zero-order valence-electron chi connectivity index (χ0n) is 23.1. The predicted molar refractivity (Wildman–Crippen MR) is 155 cm³/mol. The number of hydrogen-bond acceptors (Lipinski definition) is 5. The number of benzene rings is 4. The molecule has 44 heavy (non-hydrogen) atoms. The molecule has 0 amide bonds. The number of halogens is 5. The van der Waals surface area contributed by atoms with Gasteiger partial charge in [-0.2, -0.15) is 0 Å². The fourth-order valence-electron chi connectivity index (χ4n) is 5.33. The van der Waals surface area contributed by atoms with Crippen LogP contribution in [0.25, 0.3) is 33.5 Å². The molecule has 2 heterocycles. The van der Waals surface area contributed by atoms with Crippen LogP contribution < -0.4 is 4.72 Å². The van der Waals surface area contributed by atoms with Gasteiger partial charge in [-0.1, -0.05) is 66.7 Å². The first-order valence-corrected chi connectivity index (χ1v) is 15.3. The van der Waals surface area contributed by atoms with Gasteiger partial charge in [0.15, 0.2) is 28.2 Å². The van der Waals surface area contributed by atoms with Crippen LogP contribution in [0.1, 0.15) is 18.4 Å². The summed E-state index contributed by atoms with van der Waals surface area (Å²) in [6.45, 7) is 1.45. The van der Waals surface area contributed by atoms with E-state index in [0.717, 1.165) is 39.1 Å². The van der Waals surface area contributed by atoms with Crippen LogP contribution in [0.4, 0.5) is 22.0 Å². The first-order valence-electron chi connectivity index (χ1n) is 13.8. The average molecular weight is 625 g/mol. The van der Waals surface area contributed by atoms with Crippen molar-refractivity contribution in [3.63, 3.8) is 0 Å². The first kappa shape index (κ1) is 29.8. The van der Waals surface area contributed by atoms with Crippen molar-refractivity contribution in [2.45, 2.75) is 30.3 Å². The number of sulfonamides is 1. The lowest BCUT2D eigenvalue weighted by molar-refractivity contribution is 0.200. The lowest BCUT2D eigenvalue weighted by Crippen LogP contribution is -2.44. The van der Waals surface area contributed by atoms with Crippen LogP contribution in [0, 0.1) is 29.1 Å². The predicted octanol–water partition coefficient (Wildman–Crippen LogP) is 6.60. The van der Waals surface area contributed by atoms with Crippen molar-refractivity contribution in [1.29, 1.82) is 0 Å². The SMILES string of the molecule is O=S(=O)(NC1CCN(Cc2ccc(-c3nc4ccccc4nc3-c3ccccc3)cc2)CC1)c1c(F)c(F)c(F)c(F)c1F. The molecule has 0 aliphatic carbocycles. The van der Waals surface area contributed by atoms with Crippen LogP contribution in [0.5, 0.6) is 0 Å². The van der Waals surface area contributed by atoms with Crippen LogP contribution in [-0.4, -0.2) is 42.4 Å². The topological polar surface area (TPSA) is 75.2 Å². The van der Waals surface area contributed by atoms with Crippen molar-refractivity contribution in [3.05, 3.63) is 114 Å². The Balaban J connectivity index is 1.14. The molecule has 5 aromatic rings. The zero-order valence-corrected chi connectivity index (χ0v) is 23.9. The molecule has 1 fully saturated rings. The van der Waals surface area contributed by atoms with E-state index in [1.165, 1.54) is 0 Å². The third-order valence-corrected chi connectivity index (χ3v) is 9.14. The van der Waals surface area contributed by atoms with Crippen molar-refractivity contribution >= 4 is 21.1 Å². The summed E-state index contributed by atoms with van der Waals surface area (Å²) in [7, 11) is -5.00. The fraction of sp³-hybridized carbons (Fsp3) is 0.188. The molecule has 0 saturated carbocycles. The molecule has 1 saturated heterocycles. The van der Waals surface area contributed by atoms with Crippen LogP contribution in [0.15, 0.2) is 83.8 Å². The van der Waals surface area contributed by atoms with E-state index in [-0.39, 0.29) is 12.8 Å². The Morgan fingerprint density at radius 1 is 0.659 bits per heavy atom. The van der Waals surface area contributed by atoms with E-state index in [0.29, 0.717) is 19.6 Å². The van der Waals surface area contributed by atoms with Gasteiger partial charge in [-0.15, -0.1) is 0 Å². The number of fused-ring (bicyclic) bond motifs is 1. The molecule has 12 heteroatoms. The molecule has 1 aromatic heterocycles. The number of nitrogens with zero attached hydrogens (tertiary/aromatic N) is 3. The normalized spacial score (nSPS) is 14.8. The highest BCUT2D eigenvalue weighted by molar-refractivity contribution is 7.89. The summed E-state index contributed by atoms with van der Waals surface area (Å²) in [5.74, 6) is -11.8. The van der Waals surface area contributed by atoms with Gasteiger partial charge >= 0.3 is 0 Å². The van der Waals surface area contributed by atoms with E-state index >= 15 is 0 Å². The van der Waals surface area contributed by atoms with Gasteiger partial charge in [0.25, 0.3) is 0 Å². The minimum atomic E-state index is -5.00. The molecule has 0 atom stereocenters. The second-order valence-corrected chi connectivity index (χ2v) is 12.2. The summed E-state index contributed by atoms with van der Waals surface area (Å²) in [5, 5.41) is 0. The summed E-state index contributed by atoms with van der Waals surface area (Å²) in [6.07, 6.45) is 0.555. The third kappa shape index (κ3) is 5.80. The Hall–Kier alpha value is -4.26. The average Bonchev–Trinajstić information content (AvgIpc) is 3.04. The summed E-state index contributed by atoms with van der Waals surface area (Å²) < 4.78 is 96.1. The van der Waals surface area contributed by atoms with E-state index in [4.69, 9.17) is 9.97 Å². The van der Waals surface area contributed by atoms with Gasteiger partial charge in [-0.3, -0.25) is 4.90 Å². The van der Waals surface area contributed by atoms with Crippen molar-refractivity contribution in [2.75, 3.05) is 13.1 Å². The Bertz CT molecular complexity index is 1920. The highest BCUT2D eigenvalue weighted by Crippen LogP contribution is 2.32. The summed E-state index contributed by atoms with van der Waals surface area (Å²) in [5.41, 5.74) is 5.95. The molecule has 6 nitrogen and oxygen atoms in total. The number of rotatable bonds is 7. The molecule has 4 aromatic carbocycles. The van der Waals surface area contributed by atoms with Gasteiger partial charge in [0.2, 0.25) is 15.8 Å². The van der Waals surface area contributed by atoms with E-state index in [2.05, 4.69) is 9.62 Å². The van der Waals surface area contributed by atoms with Gasteiger partial charge in [-0.05, 0) is 30.5 Å².